The largest absolute Gasteiger partial charge is 0.389 e. The summed E-state index contributed by atoms with van der Waals surface area (Å²) in [6, 6.07) is 0. The van der Waals surface area contributed by atoms with Crippen molar-refractivity contribution in [2.75, 3.05) is 19.6 Å². The van der Waals surface area contributed by atoms with Gasteiger partial charge in [0, 0.05) is 18.6 Å². The van der Waals surface area contributed by atoms with E-state index >= 15 is 0 Å². The van der Waals surface area contributed by atoms with Gasteiger partial charge in [-0.05, 0) is 34.1 Å². The first-order valence-corrected chi connectivity index (χ1v) is 5.44. The van der Waals surface area contributed by atoms with E-state index in [1.54, 1.807) is 0 Å². The van der Waals surface area contributed by atoms with Crippen molar-refractivity contribution in [2.24, 2.45) is 0 Å². The van der Waals surface area contributed by atoms with E-state index in [9.17, 15) is 9.90 Å². The number of nitrogens with zero attached hydrogens (tertiary/aromatic N) is 1. The summed E-state index contributed by atoms with van der Waals surface area (Å²) in [5, 5.41) is 12.6. The van der Waals surface area contributed by atoms with Gasteiger partial charge in [-0.15, -0.1) is 0 Å². The zero-order valence-corrected chi connectivity index (χ0v) is 10.1. The first-order valence-electron chi connectivity index (χ1n) is 5.44. The molecule has 4 nitrogen and oxygen atoms in total. The second-order valence-corrected chi connectivity index (χ2v) is 5.76. The summed E-state index contributed by atoms with van der Waals surface area (Å²) in [7, 11) is 0. The summed E-state index contributed by atoms with van der Waals surface area (Å²) in [5.74, 6) is 0.0280. The SMILES string of the molecule is CC1(O)CCN(CC(=O)NC(C)(C)C)C1. The van der Waals surface area contributed by atoms with E-state index in [0.29, 0.717) is 13.1 Å². The molecule has 1 amide bonds. The van der Waals surface area contributed by atoms with Crippen molar-refractivity contribution >= 4 is 5.91 Å². The topological polar surface area (TPSA) is 52.6 Å². The fourth-order valence-corrected chi connectivity index (χ4v) is 1.83. The molecule has 1 fully saturated rings. The summed E-state index contributed by atoms with van der Waals surface area (Å²) in [5.41, 5.74) is -0.804. The van der Waals surface area contributed by atoms with Gasteiger partial charge in [-0.2, -0.15) is 0 Å². The third-order valence-corrected chi connectivity index (χ3v) is 2.41. The molecule has 0 bridgehead atoms. The highest BCUT2D eigenvalue weighted by Crippen LogP contribution is 2.19. The van der Waals surface area contributed by atoms with Gasteiger partial charge in [-0.3, -0.25) is 9.69 Å². The maximum Gasteiger partial charge on any atom is 0.234 e. The second kappa shape index (κ2) is 4.10. The number of carbonyl (C=O) groups is 1. The van der Waals surface area contributed by atoms with Crippen LogP contribution in [-0.4, -0.2) is 46.7 Å². The van der Waals surface area contributed by atoms with Crippen LogP contribution >= 0.6 is 0 Å². The second-order valence-electron chi connectivity index (χ2n) is 5.76. The van der Waals surface area contributed by atoms with Crippen molar-refractivity contribution in [2.45, 2.75) is 45.3 Å². The lowest BCUT2D eigenvalue weighted by atomic mass is 10.1. The van der Waals surface area contributed by atoms with Crippen LogP contribution in [0.5, 0.6) is 0 Å². The van der Waals surface area contributed by atoms with E-state index in [-0.39, 0.29) is 11.4 Å². The third kappa shape index (κ3) is 4.62. The molecule has 1 atom stereocenters. The van der Waals surface area contributed by atoms with Crippen LogP contribution in [0.1, 0.15) is 34.1 Å². The van der Waals surface area contributed by atoms with Gasteiger partial charge in [0.1, 0.15) is 0 Å². The Bertz CT molecular complexity index is 243. The highest BCUT2D eigenvalue weighted by molar-refractivity contribution is 5.78. The lowest BCUT2D eigenvalue weighted by Gasteiger charge is -2.23. The maximum atomic E-state index is 11.6. The molecule has 2 N–H and O–H groups in total. The van der Waals surface area contributed by atoms with Gasteiger partial charge < -0.3 is 10.4 Å². The predicted molar refractivity (Wildman–Crippen MR) is 59.6 cm³/mol. The Balaban J connectivity index is 2.34. The average Bonchev–Trinajstić information content (AvgIpc) is 2.25. The Labute approximate surface area is 91.6 Å². The first-order chi connectivity index (χ1) is 6.68. The zero-order chi connectivity index (χ0) is 11.7. The molecule has 4 heteroatoms. The molecule has 0 aromatic heterocycles. The van der Waals surface area contributed by atoms with Crippen LogP contribution < -0.4 is 5.32 Å². The summed E-state index contributed by atoms with van der Waals surface area (Å²) in [6.07, 6.45) is 0.746. The van der Waals surface area contributed by atoms with Gasteiger partial charge in [0.2, 0.25) is 5.91 Å². The molecule has 1 aliphatic heterocycles. The molecule has 1 rings (SSSR count). The normalized spacial score (nSPS) is 28.1. The van der Waals surface area contributed by atoms with E-state index in [1.165, 1.54) is 0 Å². The first kappa shape index (κ1) is 12.5. The summed E-state index contributed by atoms with van der Waals surface area (Å²) >= 11 is 0. The summed E-state index contributed by atoms with van der Waals surface area (Å²) in [4.78, 5) is 13.6. The number of rotatable bonds is 2. The van der Waals surface area contributed by atoms with Gasteiger partial charge in [0.25, 0.3) is 0 Å². The van der Waals surface area contributed by atoms with Crippen molar-refractivity contribution < 1.29 is 9.90 Å². The monoisotopic (exact) mass is 214 g/mol. The van der Waals surface area contributed by atoms with Gasteiger partial charge in [0.15, 0.2) is 0 Å². The molecule has 0 spiro atoms. The highest BCUT2D eigenvalue weighted by atomic mass is 16.3. The highest BCUT2D eigenvalue weighted by Gasteiger charge is 2.32. The van der Waals surface area contributed by atoms with Crippen molar-refractivity contribution in [1.29, 1.82) is 0 Å². The van der Waals surface area contributed by atoms with Crippen LogP contribution in [-0.2, 0) is 4.79 Å². The van der Waals surface area contributed by atoms with Crippen molar-refractivity contribution in [3.05, 3.63) is 0 Å². The van der Waals surface area contributed by atoms with E-state index < -0.39 is 5.60 Å². The van der Waals surface area contributed by atoms with E-state index in [4.69, 9.17) is 0 Å². The Morgan fingerprint density at radius 3 is 2.53 bits per heavy atom. The number of carbonyl (C=O) groups excluding carboxylic acids is 1. The van der Waals surface area contributed by atoms with E-state index in [2.05, 4.69) is 5.32 Å². The van der Waals surface area contributed by atoms with Crippen molar-refractivity contribution in [1.82, 2.24) is 10.2 Å². The molecule has 0 aliphatic carbocycles. The zero-order valence-electron chi connectivity index (χ0n) is 10.1. The number of hydrogen-bond acceptors (Lipinski definition) is 3. The molecule has 88 valence electrons. The van der Waals surface area contributed by atoms with Gasteiger partial charge >= 0.3 is 0 Å². The van der Waals surface area contributed by atoms with E-state index in [1.807, 2.05) is 32.6 Å². The minimum absolute atomic E-state index is 0.0280. The molecular weight excluding hydrogens is 192 g/mol. The Morgan fingerprint density at radius 1 is 1.53 bits per heavy atom. The Morgan fingerprint density at radius 2 is 2.13 bits per heavy atom. The quantitative estimate of drug-likeness (QED) is 0.698. The standard InChI is InChI=1S/C11H22N2O2/c1-10(2,3)12-9(14)7-13-6-5-11(4,15)8-13/h15H,5-8H2,1-4H3,(H,12,14). The molecule has 0 aromatic rings. The number of aliphatic hydroxyl groups is 1. The summed E-state index contributed by atoms with van der Waals surface area (Å²) < 4.78 is 0. The van der Waals surface area contributed by atoms with Crippen LogP contribution in [0.4, 0.5) is 0 Å². The number of nitrogens with one attached hydrogen (secondary N) is 1. The average molecular weight is 214 g/mol. The molecule has 1 unspecified atom stereocenters. The maximum absolute atomic E-state index is 11.6. The van der Waals surface area contributed by atoms with E-state index in [0.717, 1.165) is 13.0 Å². The van der Waals surface area contributed by atoms with Crippen LogP contribution in [0.15, 0.2) is 0 Å². The fourth-order valence-electron chi connectivity index (χ4n) is 1.83. The third-order valence-electron chi connectivity index (χ3n) is 2.41. The smallest absolute Gasteiger partial charge is 0.234 e. The van der Waals surface area contributed by atoms with Gasteiger partial charge in [-0.25, -0.2) is 0 Å². The van der Waals surface area contributed by atoms with Gasteiger partial charge in [-0.1, -0.05) is 0 Å². The number of amides is 1. The minimum Gasteiger partial charge on any atom is -0.389 e. The lowest BCUT2D eigenvalue weighted by molar-refractivity contribution is -0.123. The molecule has 1 heterocycles. The molecular formula is C11H22N2O2. The number of hydrogen-bond donors (Lipinski definition) is 2. The Hall–Kier alpha value is -0.610. The Kier molecular flexibility index (Phi) is 3.41. The van der Waals surface area contributed by atoms with Crippen LogP contribution in [0.3, 0.4) is 0 Å². The van der Waals surface area contributed by atoms with Crippen LogP contribution in [0.25, 0.3) is 0 Å². The molecule has 0 aromatic carbocycles. The van der Waals surface area contributed by atoms with Crippen molar-refractivity contribution in [3.63, 3.8) is 0 Å². The molecule has 1 saturated heterocycles. The lowest BCUT2D eigenvalue weighted by Crippen LogP contribution is -2.46. The van der Waals surface area contributed by atoms with Crippen LogP contribution in [0.2, 0.25) is 0 Å². The number of likely N-dealkylation sites (tertiary alicyclic amines) is 1. The fraction of sp³-hybridized carbons (Fsp3) is 0.909. The predicted octanol–water partition coefficient (Wildman–Crippen LogP) is 0.358. The van der Waals surface area contributed by atoms with Crippen molar-refractivity contribution in [3.8, 4) is 0 Å². The number of β-amino-alcohol motifs (C(OH)–C–C–N with tert-alkyl or cyclic N) is 1. The molecule has 0 radical (unpaired) electrons. The minimum atomic E-state index is -0.623. The molecule has 15 heavy (non-hydrogen) atoms. The van der Waals surface area contributed by atoms with Gasteiger partial charge in [0.05, 0.1) is 12.1 Å². The molecule has 1 aliphatic rings. The molecule has 0 saturated carbocycles. The van der Waals surface area contributed by atoms with Crippen LogP contribution in [0, 0.1) is 0 Å². The summed E-state index contributed by atoms with van der Waals surface area (Å²) in [6.45, 7) is 9.47.